The summed E-state index contributed by atoms with van der Waals surface area (Å²) < 4.78 is 20.4. The third-order valence-electron chi connectivity index (χ3n) is 3.63. The number of carbonyl (C=O) groups excluding carboxylic acids is 1. The van der Waals surface area contributed by atoms with Crippen LogP contribution in [-0.4, -0.2) is 27.6 Å². The summed E-state index contributed by atoms with van der Waals surface area (Å²) in [6, 6.07) is 7.36. The standard InChI is InChI=1S/C16H12FN3O3S/c1-20-13-12(14(21)19-16(20)24)9(15(22)23-2)7-11(18-13)8-5-3-4-6-10(8)17/h3-7H,1-2H3,(H,19,21,24). The lowest BCUT2D eigenvalue weighted by atomic mass is 10.1. The van der Waals surface area contributed by atoms with Gasteiger partial charge in [0, 0.05) is 12.6 Å². The van der Waals surface area contributed by atoms with Gasteiger partial charge in [0.15, 0.2) is 4.77 Å². The van der Waals surface area contributed by atoms with Crippen LogP contribution in [0.5, 0.6) is 0 Å². The molecule has 0 unspecified atom stereocenters. The summed E-state index contributed by atoms with van der Waals surface area (Å²) in [6.07, 6.45) is 0. The zero-order chi connectivity index (χ0) is 17.4. The number of hydrogen-bond acceptors (Lipinski definition) is 5. The average molecular weight is 345 g/mol. The summed E-state index contributed by atoms with van der Waals surface area (Å²) >= 11 is 5.07. The average Bonchev–Trinajstić information content (AvgIpc) is 2.58. The number of rotatable bonds is 2. The first-order chi connectivity index (χ1) is 11.4. The van der Waals surface area contributed by atoms with Gasteiger partial charge in [0.05, 0.1) is 23.8 Å². The summed E-state index contributed by atoms with van der Waals surface area (Å²) in [4.78, 5) is 31.2. The van der Waals surface area contributed by atoms with E-state index in [-0.39, 0.29) is 32.6 Å². The number of hydrogen-bond donors (Lipinski definition) is 1. The molecule has 0 radical (unpaired) electrons. The zero-order valence-electron chi connectivity index (χ0n) is 12.8. The second kappa shape index (κ2) is 5.97. The van der Waals surface area contributed by atoms with Gasteiger partial charge in [-0.3, -0.25) is 9.78 Å². The van der Waals surface area contributed by atoms with Gasteiger partial charge in [-0.15, -0.1) is 0 Å². The lowest BCUT2D eigenvalue weighted by molar-refractivity contribution is 0.0603. The Kier molecular flexibility index (Phi) is 3.98. The van der Waals surface area contributed by atoms with Crippen molar-refractivity contribution in [2.24, 2.45) is 7.05 Å². The monoisotopic (exact) mass is 345 g/mol. The Labute approximate surface area is 140 Å². The van der Waals surface area contributed by atoms with Crippen molar-refractivity contribution in [1.29, 1.82) is 0 Å². The van der Waals surface area contributed by atoms with Crippen molar-refractivity contribution in [2.45, 2.75) is 0 Å². The van der Waals surface area contributed by atoms with Gasteiger partial charge in [-0.1, -0.05) is 12.1 Å². The predicted molar refractivity (Wildman–Crippen MR) is 88.9 cm³/mol. The van der Waals surface area contributed by atoms with Crippen molar-refractivity contribution >= 4 is 29.2 Å². The number of halogens is 1. The maximum absolute atomic E-state index is 14.1. The van der Waals surface area contributed by atoms with Gasteiger partial charge in [0.2, 0.25) is 0 Å². The quantitative estimate of drug-likeness (QED) is 0.571. The molecule has 3 rings (SSSR count). The van der Waals surface area contributed by atoms with Gasteiger partial charge in [0.1, 0.15) is 11.5 Å². The van der Waals surface area contributed by atoms with Crippen molar-refractivity contribution in [3.8, 4) is 11.3 Å². The van der Waals surface area contributed by atoms with E-state index in [1.165, 1.54) is 29.9 Å². The SMILES string of the molecule is COC(=O)c1cc(-c2ccccc2F)nc2c1c(=O)[nH]c(=S)n2C. The molecule has 0 amide bonds. The van der Waals surface area contributed by atoms with Gasteiger partial charge < -0.3 is 9.30 Å². The number of aromatic amines is 1. The third-order valence-corrected chi connectivity index (χ3v) is 4.00. The Bertz CT molecular complexity index is 1090. The van der Waals surface area contributed by atoms with Crippen LogP contribution >= 0.6 is 12.2 Å². The summed E-state index contributed by atoms with van der Waals surface area (Å²) in [5.74, 6) is -1.21. The van der Waals surface area contributed by atoms with Gasteiger partial charge in [0.25, 0.3) is 5.56 Å². The number of esters is 1. The highest BCUT2D eigenvalue weighted by atomic mass is 32.1. The maximum atomic E-state index is 14.1. The minimum absolute atomic E-state index is 0.00685. The fraction of sp³-hybridized carbons (Fsp3) is 0.125. The molecule has 0 spiro atoms. The minimum atomic E-state index is -0.720. The van der Waals surface area contributed by atoms with Gasteiger partial charge >= 0.3 is 5.97 Å². The molecule has 0 aliphatic carbocycles. The molecule has 6 nitrogen and oxygen atoms in total. The van der Waals surface area contributed by atoms with Crippen LogP contribution in [0.2, 0.25) is 0 Å². The molecule has 0 saturated heterocycles. The summed E-state index contributed by atoms with van der Waals surface area (Å²) in [5.41, 5.74) is 0.0194. The van der Waals surface area contributed by atoms with E-state index in [0.29, 0.717) is 0 Å². The smallest absolute Gasteiger partial charge is 0.338 e. The van der Waals surface area contributed by atoms with Gasteiger partial charge in [-0.05, 0) is 30.4 Å². The number of fused-ring (bicyclic) bond motifs is 1. The summed E-state index contributed by atoms with van der Waals surface area (Å²) in [7, 11) is 2.80. The Morgan fingerprint density at radius 3 is 2.75 bits per heavy atom. The number of ether oxygens (including phenoxy) is 1. The molecule has 1 aromatic carbocycles. The largest absolute Gasteiger partial charge is 0.465 e. The van der Waals surface area contributed by atoms with E-state index in [0.717, 1.165) is 0 Å². The molecule has 0 aliphatic heterocycles. The van der Waals surface area contributed by atoms with Crippen LogP contribution in [0, 0.1) is 10.6 Å². The Morgan fingerprint density at radius 1 is 1.38 bits per heavy atom. The normalized spacial score (nSPS) is 10.8. The van der Waals surface area contributed by atoms with Gasteiger partial charge in [-0.25, -0.2) is 14.2 Å². The second-order valence-corrected chi connectivity index (χ2v) is 5.43. The number of nitrogens with one attached hydrogen (secondary N) is 1. The van der Waals surface area contributed by atoms with Crippen molar-refractivity contribution in [3.05, 3.63) is 56.8 Å². The second-order valence-electron chi connectivity index (χ2n) is 5.04. The predicted octanol–water partition coefficient (Wildman–Crippen LogP) is 2.58. The van der Waals surface area contributed by atoms with E-state index in [1.807, 2.05) is 0 Å². The highest BCUT2D eigenvalue weighted by molar-refractivity contribution is 7.71. The van der Waals surface area contributed by atoms with E-state index >= 15 is 0 Å². The molecular formula is C16H12FN3O3S. The maximum Gasteiger partial charge on any atom is 0.338 e. The first kappa shape index (κ1) is 16.0. The van der Waals surface area contributed by atoms with Crippen LogP contribution < -0.4 is 5.56 Å². The van der Waals surface area contributed by atoms with Crippen molar-refractivity contribution in [1.82, 2.24) is 14.5 Å². The number of nitrogens with zero attached hydrogens (tertiary/aromatic N) is 2. The molecule has 3 aromatic rings. The number of methoxy groups -OCH3 is 1. The lowest BCUT2D eigenvalue weighted by Gasteiger charge is -2.11. The molecule has 0 aliphatic rings. The van der Waals surface area contributed by atoms with Gasteiger partial charge in [-0.2, -0.15) is 0 Å². The molecule has 0 fully saturated rings. The summed E-state index contributed by atoms with van der Waals surface area (Å²) in [6.45, 7) is 0. The zero-order valence-corrected chi connectivity index (χ0v) is 13.6. The highest BCUT2D eigenvalue weighted by Gasteiger charge is 2.19. The van der Waals surface area contributed by atoms with E-state index in [9.17, 15) is 14.0 Å². The first-order valence-corrected chi connectivity index (χ1v) is 7.32. The fourth-order valence-corrected chi connectivity index (χ4v) is 2.59. The van der Waals surface area contributed by atoms with E-state index in [4.69, 9.17) is 17.0 Å². The molecule has 122 valence electrons. The molecular weight excluding hydrogens is 333 g/mol. The van der Waals surface area contributed by atoms with Crippen LogP contribution in [0.15, 0.2) is 35.1 Å². The van der Waals surface area contributed by atoms with Crippen LogP contribution in [0.4, 0.5) is 4.39 Å². The van der Waals surface area contributed by atoms with E-state index < -0.39 is 17.3 Å². The van der Waals surface area contributed by atoms with Crippen LogP contribution in [0.3, 0.4) is 0 Å². The number of carbonyl (C=O) groups is 1. The molecule has 1 N–H and O–H groups in total. The van der Waals surface area contributed by atoms with Crippen LogP contribution in [0.1, 0.15) is 10.4 Å². The van der Waals surface area contributed by atoms with Crippen molar-refractivity contribution < 1.29 is 13.9 Å². The number of aromatic nitrogens is 3. The molecule has 0 saturated carbocycles. The minimum Gasteiger partial charge on any atom is -0.465 e. The number of H-pyrrole nitrogens is 1. The van der Waals surface area contributed by atoms with Crippen LogP contribution in [0.25, 0.3) is 22.3 Å². The fourth-order valence-electron chi connectivity index (χ4n) is 2.42. The molecule has 8 heteroatoms. The lowest BCUT2D eigenvalue weighted by Crippen LogP contribution is -2.18. The van der Waals surface area contributed by atoms with E-state index in [2.05, 4.69) is 9.97 Å². The molecule has 0 atom stereocenters. The number of pyridine rings is 1. The molecule has 2 aromatic heterocycles. The number of aryl methyl sites for hydroxylation is 1. The Hall–Kier alpha value is -2.87. The Morgan fingerprint density at radius 2 is 2.08 bits per heavy atom. The van der Waals surface area contributed by atoms with E-state index in [1.54, 1.807) is 19.2 Å². The Balaban J connectivity index is 2.49. The topological polar surface area (TPSA) is 77.0 Å². The summed E-state index contributed by atoms with van der Waals surface area (Å²) in [5, 5.41) is 0.0399. The van der Waals surface area contributed by atoms with Crippen LogP contribution in [-0.2, 0) is 11.8 Å². The molecule has 24 heavy (non-hydrogen) atoms. The molecule has 2 heterocycles. The van der Waals surface area contributed by atoms with Crippen molar-refractivity contribution in [2.75, 3.05) is 7.11 Å². The molecule has 0 bridgehead atoms. The number of benzene rings is 1. The third kappa shape index (κ3) is 2.50. The highest BCUT2D eigenvalue weighted by Crippen LogP contribution is 2.25. The van der Waals surface area contributed by atoms with Crippen molar-refractivity contribution in [3.63, 3.8) is 0 Å². The first-order valence-electron chi connectivity index (χ1n) is 6.91.